The highest BCUT2D eigenvalue weighted by Gasteiger charge is 2.48. The van der Waals surface area contributed by atoms with Gasteiger partial charge in [-0.15, -0.1) is 0 Å². The molecule has 0 aromatic heterocycles. The van der Waals surface area contributed by atoms with E-state index in [1.165, 1.54) is 7.11 Å². The van der Waals surface area contributed by atoms with Crippen molar-refractivity contribution >= 4 is 15.8 Å². The van der Waals surface area contributed by atoms with Gasteiger partial charge in [-0.05, 0) is 12.0 Å². The maximum atomic E-state index is 12.2. The van der Waals surface area contributed by atoms with Crippen LogP contribution in [0.5, 0.6) is 0 Å². The van der Waals surface area contributed by atoms with Gasteiger partial charge in [-0.1, -0.05) is 37.3 Å². The minimum atomic E-state index is -3.24. The lowest BCUT2D eigenvalue weighted by Crippen LogP contribution is -2.25. The first-order chi connectivity index (χ1) is 8.95. The van der Waals surface area contributed by atoms with Crippen molar-refractivity contribution in [1.29, 1.82) is 0 Å². The van der Waals surface area contributed by atoms with Gasteiger partial charge in [-0.25, -0.2) is 8.42 Å². The number of sulfone groups is 1. The van der Waals surface area contributed by atoms with Crippen LogP contribution in [0, 0.1) is 5.92 Å². The van der Waals surface area contributed by atoms with Crippen LogP contribution in [0.15, 0.2) is 30.3 Å². The lowest BCUT2D eigenvalue weighted by Gasteiger charge is -2.09. The van der Waals surface area contributed by atoms with E-state index in [0.717, 1.165) is 5.56 Å². The van der Waals surface area contributed by atoms with E-state index in [0.29, 0.717) is 6.42 Å². The molecular formula is C14H18O4S. The fourth-order valence-corrected chi connectivity index (χ4v) is 4.60. The third kappa shape index (κ3) is 3.15. The van der Waals surface area contributed by atoms with Crippen LogP contribution in [0.3, 0.4) is 0 Å². The van der Waals surface area contributed by atoms with Crippen LogP contribution in [0.1, 0.15) is 24.8 Å². The summed E-state index contributed by atoms with van der Waals surface area (Å²) in [6.07, 6.45) is 0.653. The van der Waals surface area contributed by atoms with Gasteiger partial charge < -0.3 is 4.74 Å². The monoisotopic (exact) mass is 282 g/mol. The number of hydrogen-bond acceptors (Lipinski definition) is 4. The topological polar surface area (TPSA) is 60.4 Å². The Kier molecular flexibility index (Phi) is 3.94. The summed E-state index contributed by atoms with van der Waals surface area (Å²) in [5.74, 6) is -1.13. The van der Waals surface area contributed by atoms with Crippen LogP contribution in [-0.2, 0) is 19.4 Å². The van der Waals surface area contributed by atoms with Crippen molar-refractivity contribution in [2.45, 2.75) is 24.5 Å². The number of esters is 1. The van der Waals surface area contributed by atoms with E-state index in [9.17, 15) is 13.2 Å². The molecule has 0 amide bonds. The molecule has 0 aliphatic heterocycles. The number of hydrogen-bond donors (Lipinski definition) is 0. The fourth-order valence-electron chi connectivity index (χ4n) is 2.36. The molecule has 0 bridgehead atoms. The van der Waals surface area contributed by atoms with Crippen molar-refractivity contribution in [3.8, 4) is 0 Å². The molecule has 19 heavy (non-hydrogen) atoms. The summed E-state index contributed by atoms with van der Waals surface area (Å²) >= 11 is 0. The molecule has 1 aliphatic rings. The van der Waals surface area contributed by atoms with E-state index in [-0.39, 0.29) is 16.9 Å². The molecule has 1 aliphatic carbocycles. The van der Waals surface area contributed by atoms with Gasteiger partial charge in [-0.2, -0.15) is 0 Å². The second-order valence-electron chi connectivity index (χ2n) is 5.05. The number of methoxy groups -OCH3 is 1. The van der Waals surface area contributed by atoms with E-state index in [2.05, 4.69) is 4.74 Å². The first kappa shape index (κ1) is 14.1. The Balaban J connectivity index is 2.02. The summed E-state index contributed by atoms with van der Waals surface area (Å²) in [6, 6.07) is 9.63. The summed E-state index contributed by atoms with van der Waals surface area (Å²) in [5.41, 5.74) is 1.06. The average Bonchev–Trinajstić information content (AvgIpc) is 3.19. The predicted octanol–water partition coefficient (Wildman–Crippen LogP) is 1.77. The van der Waals surface area contributed by atoms with Crippen molar-refractivity contribution in [3.05, 3.63) is 35.9 Å². The molecule has 3 unspecified atom stereocenters. The minimum Gasteiger partial charge on any atom is -0.469 e. The number of benzene rings is 1. The molecular weight excluding hydrogens is 264 g/mol. The normalized spacial score (nSPS) is 23.7. The number of rotatable bonds is 5. The van der Waals surface area contributed by atoms with Gasteiger partial charge in [0.05, 0.1) is 24.0 Å². The Hall–Kier alpha value is -1.36. The second kappa shape index (κ2) is 5.33. The lowest BCUT2D eigenvalue weighted by molar-refractivity contribution is -0.144. The Labute approximate surface area is 113 Å². The summed E-state index contributed by atoms with van der Waals surface area (Å²) < 4.78 is 29.0. The quantitative estimate of drug-likeness (QED) is 0.772. The number of carbonyl (C=O) groups is 1. The fraction of sp³-hybridized carbons (Fsp3) is 0.500. The zero-order chi connectivity index (χ0) is 14.0. The van der Waals surface area contributed by atoms with E-state index in [1.807, 2.05) is 30.3 Å². The van der Waals surface area contributed by atoms with Crippen LogP contribution >= 0.6 is 0 Å². The average molecular weight is 282 g/mol. The van der Waals surface area contributed by atoms with Crippen LogP contribution in [-0.4, -0.2) is 32.5 Å². The Morgan fingerprint density at radius 1 is 1.37 bits per heavy atom. The maximum absolute atomic E-state index is 12.2. The molecule has 1 saturated carbocycles. The third-order valence-electron chi connectivity index (χ3n) is 3.51. The van der Waals surface area contributed by atoms with Crippen LogP contribution in [0.25, 0.3) is 0 Å². The van der Waals surface area contributed by atoms with E-state index < -0.39 is 21.7 Å². The summed E-state index contributed by atoms with van der Waals surface area (Å²) in [7, 11) is -1.97. The van der Waals surface area contributed by atoms with E-state index in [1.54, 1.807) is 6.92 Å². The SMILES string of the molecule is COC(=O)C(C)CS(=O)(=O)C1CC1c1ccccc1. The third-order valence-corrected chi connectivity index (χ3v) is 5.91. The first-order valence-corrected chi connectivity index (χ1v) is 8.01. The highest BCUT2D eigenvalue weighted by molar-refractivity contribution is 7.92. The first-order valence-electron chi connectivity index (χ1n) is 6.30. The molecule has 4 nitrogen and oxygen atoms in total. The Morgan fingerprint density at radius 2 is 2.00 bits per heavy atom. The molecule has 1 fully saturated rings. The van der Waals surface area contributed by atoms with Gasteiger partial charge in [0.2, 0.25) is 0 Å². The van der Waals surface area contributed by atoms with Crippen LogP contribution in [0.4, 0.5) is 0 Å². The summed E-state index contributed by atoms with van der Waals surface area (Å²) in [4.78, 5) is 11.3. The molecule has 1 aromatic carbocycles. The Morgan fingerprint density at radius 3 is 2.58 bits per heavy atom. The van der Waals surface area contributed by atoms with Gasteiger partial charge in [0.15, 0.2) is 9.84 Å². The minimum absolute atomic E-state index is 0.0797. The molecule has 0 radical (unpaired) electrons. The molecule has 2 rings (SSSR count). The zero-order valence-corrected chi connectivity index (χ0v) is 11.9. The summed E-state index contributed by atoms with van der Waals surface area (Å²) in [5, 5.41) is -0.345. The molecule has 5 heteroatoms. The van der Waals surface area contributed by atoms with Gasteiger partial charge >= 0.3 is 5.97 Å². The van der Waals surface area contributed by atoms with Crippen LogP contribution < -0.4 is 0 Å². The molecule has 3 atom stereocenters. The smallest absolute Gasteiger partial charge is 0.309 e. The molecule has 104 valence electrons. The Bertz CT molecular complexity index is 550. The van der Waals surface area contributed by atoms with Crippen molar-refractivity contribution in [2.75, 3.05) is 12.9 Å². The van der Waals surface area contributed by atoms with Crippen molar-refractivity contribution in [2.24, 2.45) is 5.92 Å². The van der Waals surface area contributed by atoms with Crippen LogP contribution in [0.2, 0.25) is 0 Å². The van der Waals surface area contributed by atoms with Gasteiger partial charge in [0, 0.05) is 5.92 Å². The number of ether oxygens (including phenoxy) is 1. The molecule has 1 aromatic rings. The van der Waals surface area contributed by atoms with Crippen molar-refractivity contribution < 1.29 is 17.9 Å². The lowest BCUT2D eigenvalue weighted by atomic mass is 10.1. The van der Waals surface area contributed by atoms with Gasteiger partial charge in [0.25, 0.3) is 0 Å². The largest absolute Gasteiger partial charge is 0.469 e. The van der Waals surface area contributed by atoms with E-state index >= 15 is 0 Å². The van der Waals surface area contributed by atoms with Crippen molar-refractivity contribution in [1.82, 2.24) is 0 Å². The molecule has 0 spiro atoms. The second-order valence-corrected chi connectivity index (χ2v) is 7.31. The van der Waals surface area contributed by atoms with E-state index in [4.69, 9.17) is 0 Å². The molecule has 0 N–H and O–H groups in total. The zero-order valence-electron chi connectivity index (χ0n) is 11.1. The maximum Gasteiger partial charge on any atom is 0.309 e. The highest BCUT2D eigenvalue weighted by atomic mass is 32.2. The molecule has 0 heterocycles. The van der Waals surface area contributed by atoms with Gasteiger partial charge in [-0.3, -0.25) is 4.79 Å². The van der Waals surface area contributed by atoms with Gasteiger partial charge in [0.1, 0.15) is 0 Å². The molecule has 0 saturated heterocycles. The van der Waals surface area contributed by atoms with Crippen molar-refractivity contribution in [3.63, 3.8) is 0 Å². The number of carbonyl (C=O) groups excluding carboxylic acids is 1. The highest BCUT2D eigenvalue weighted by Crippen LogP contribution is 2.46. The summed E-state index contributed by atoms with van der Waals surface area (Å²) in [6.45, 7) is 1.59. The standard InChI is InChI=1S/C14H18O4S/c1-10(14(15)18-2)9-19(16,17)13-8-12(13)11-6-4-3-5-7-11/h3-7,10,12-13H,8-9H2,1-2H3. The predicted molar refractivity (Wildman–Crippen MR) is 72.6 cm³/mol.